The summed E-state index contributed by atoms with van der Waals surface area (Å²) in [4.78, 5) is 0. The van der Waals surface area contributed by atoms with Gasteiger partial charge in [-0.05, 0) is 25.6 Å². The van der Waals surface area contributed by atoms with Gasteiger partial charge in [0.05, 0.1) is 0 Å². The van der Waals surface area contributed by atoms with Gasteiger partial charge in [0.1, 0.15) is 12.4 Å². The minimum Gasteiger partial charge on any atom is -0.492 e. The molecule has 0 saturated carbocycles. The summed E-state index contributed by atoms with van der Waals surface area (Å²) in [6.45, 7) is 3.52. The van der Waals surface area contributed by atoms with Crippen molar-refractivity contribution >= 4 is 5.69 Å². The quantitative estimate of drug-likeness (QED) is 0.540. The van der Waals surface area contributed by atoms with Crippen LogP contribution in [0.15, 0.2) is 18.2 Å². The Morgan fingerprint density at radius 2 is 2.23 bits per heavy atom. The molecule has 3 heteroatoms. The van der Waals surface area contributed by atoms with Gasteiger partial charge in [-0.25, -0.2) is 0 Å². The number of anilines is 1. The maximum atomic E-state index is 5.64. The highest BCUT2D eigenvalue weighted by Gasteiger charge is 1.98. The molecular formula is C10H16N2O. The largest absolute Gasteiger partial charge is 0.492 e. The van der Waals surface area contributed by atoms with E-state index in [-0.39, 0.29) is 0 Å². The first-order chi connectivity index (χ1) is 6.24. The van der Waals surface area contributed by atoms with E-state index in [0.29, 0.717) is 6.61 Å². The minimum absolute atomic E-state index is 0.667. The van der Waals surface area contributed by atoms with Gasteiger partial charge in [-0.2, -0.15) is 0 Å². The molecule has 0 aliphatic heterocycles. The van der Waals surface area contributed by atoms with Gasteiger partial charge in [-0.1, -0.05) is 6.07 Å². The van der Waals surface area contributed by atoms with E-state index in [1.165, 1.54) is 0 Å². The van der Waals surface area contributed by atoms with E-state index in [1.54, 1.807) is 0 Å². The predicted octanol–water partition coefficient (Wildman–Crippen LogP) is 1.18. The number of nitrogens with two attached hydrogens (primary N) is 1. The highest BCUT2D eigenvalue weighted by Crippen LogP contribution is 2.20. The van der Waals surface area contributed by atoms with Crippen LogP contribution in [0.2, 0.25) is 0 Å². The van der Waals surface area contributed by atoms with Crippen molar-refractivity contribution in [2.24, 2.45) is 0 Å². The van der Waals surface area contributed by atoms with Gasteiger partial charge in [-0.15, -0.1) is 0 Å². The number of benzene rings is 1. The van der Waals surface area contributed by atoms with E-state index in [2.05, 4.69) is 5.32 Å². The van der Waals surface area contributed by atoms with E-state index in [1.807, 2.05) is 32.2 Å². The van der Waals surface area contributed by atoms with Crippen molar-refractivity contribution < 1.29 is 4.74 Å². The molecule has 0 saturated heterocycles. The van der Waals surface area contributed by atoms with Crippen molar-refractivity contribution in [1.82, 2.24) is 5.32 Å². The van der Waals surface area contributed by atoms with Crippen LogP contribution >= 0.6 is 0 Å². The second-order valence-corrected chi connectivity index (χ2v) is 2.98. The maximum Gasteiger partial charge on any atom is 0.124 e. The van der Waals surface area contributed by atoms with Crippen LogP contribution < -0.4 is 15.8 Å². The van der Waals surface area contributed by atoms with Crippen molar-refractivity contribution in [1.29, 1.82) is 0 Å². The number of hydrogen-bond acceptors (Lipinski definition) is 3. The van der Waals surface area contributed by atoms with Crippen LogP contribution in [-0.4, -0.2) is 20.2 Å². The van der Waals surface area contributed by atoms with E-state index in [9.17, 15) is 0 Å². The third-order valence-electron chi connectivity index (χ3n) is 1.82. The molecule has 0 atom stereocenters. The number of likely N-dealkylation sites (N-methyl/N-ethyl adjacent to an activating group) is 1. The van der Waals surface area contributed by atoms with E-state index in [0.717, 1.165) is 23.5 Å². The van der Waals surface area contributed by atoms with E-state index in [4.69, 9.17) is 10.5 Å². The number of ether oxygens (including phenoxy) is 1. The second kappa shape index (κ2) is 4.72. The Hall–Kier alpha value is -1.22. The van der Waals surface area contributed by atoms with Crippen molar-refractivity contribution in [3.8, 4) is 5.75 Å². The number of rotatable bonds is 4. The first-order valence-corrected chi connectivity index (χ1v) is 4.37. The lowest BCUT2D eigenvalue weighted by atomic mass is 10.2. The van der Waals surface area contributed by atoms with Crippen molar-refractivity contribution in [3.63, 3.8) is 0 Å². The zero-order valence-corrected chi connectivity index (χ0v) is 8.13. The molecule has 0 aliphatic carbocycles. The van der Waals surface area contributed by atoms with Crippen molar-refractivity contribution in [3.05, 3.63) is 23.8 Å². The molecule has 0 spiro atoms. The highest BCUT2D eigenvalue weighted by molar-refractivity contribution is 5.47. The molecule has 1 rings (SSSR count). The molecule has 1 aromatic rings. The summed E-state index contributed by atoms with van der Waals surface area (Å²) in [5.41, 5.74) is 7.49. The van der Waals surface area contributed by atoms with Gasteiger partial charge in [0.2, 0.25) is 0 Å². The zero-order valence-electron chi connectivity index (χ0n) is 8.13. The summed E-state index contributed by atoms with van der Waals surface area (Å²) in [5.74, 6) is 0.871. The highest BCUT2D eigenvalue weighted by atomic mass is 16.5. The fraction of sp³-hybridized carbons (Fsp3) is 0.400. The Balaban J connectivity index is 2.59. The normalized spacial score (nSPS) is 10.0. The fourth-order valence-electron chi connectivity index (χ4n) is 1.04. The minimum atomic E-state index is 0.667. The zero-order chi connectivity index (χ0) is 9.68. The summed E-state index contributed by atoms with van der Waals surface area (Å²) in [5, 5.41) is 3.02. The SMILES string of the molecule is CNCCOc1cc(N)ccc1C. The number of hydrogen-bond donors (Lipinski definition) is 2. The summed E-state index contributed by atoms with van der Waals surface area (Å²) < 4.78 is 5.52. The van der Waals surface area contributed by atoms with Crippen LogP contribution in [0.25, 0.3) is 0 Å². The number of aryl methyl sites for hydroxylation is 1. The average Bonchev–Trinajstić information content (AvgIpc) is 2.11. The standard InChI is InChI=1S/C10H16N2O/c1-8-3-4-9(11)7-10(8)13-6-5-12-2/h3-4,7,12H,5-6,11H2,1-2H3. The molecule has 3 N–H and O–H groups in total. The van der Waals surface area contributed by atoms with Crippen LogP contribution in [-0.2, 0) is 0 Å². The third-order valence-corrected chi connectivity index (χ3v) is 1.82. The molecule has 0 aliphatic rings. The Labute approximate surface area is 78.9 Å². The summed E-state index contributed by atoms with van der Waals surface area (Å²) in [6.07, 6.45) is 0. The van der Waals surface area contributed by atoms with Gasteiger partial charge in [0.15, 0.2) is 0 Å². The van der Waals surface area contributed by atoms with Crippen molar-refractivity contribution in [2.45, 2.75) is 6.92 Å². The van der Waals surface area contributed by atoms with Gasteiger partial charge < -0.3 is 15.8 Å². The molecule has 3 nitrogen and oxygen atoms in total. The monoisotopic (exact) mass is 180 g/mol. The van der Waals surface area contributed by atoms with Crippen LogP contribution in [0.4, 0.5) is 5.69 Å². The van der Waals surface area contributed by atoms with Gasteiger partial charge in [0.25, 0.3) is 0 Å². The first kappa shape index (κ1) is 9.86. The van der Waals surface area contributed by atoms with Gasteiger partial charge in [0, 0.05) is 18.3 Å². The molecule has 72 valence electrons. The van der Waals surface area contributed by atoms with Gasteiger partial charge in [-0.3, -0.25) is 0 Å². The summed E-state index contributed by atoms with van der Waals surface area (Å²) >= 11 is 0. The lowest BCUT2D eigenvalue weighted by Gasteiger charge is -2.09. The Kier molecular flexibility index (Phi) is 3.58. The number of nitrogens with one attached hydrogen (secondary N) is 1. The van der Waals surface area contributed by atoms with Crippen LogP contribution in [0, 0.1) is 6.92 Å². The Morgan fingerprint density at radius 3 is 2.92 bits per heavy atom. The Bertz CT molecular complexity index is 274. The second-order valence-electron chi connectivity index (χ2n) is 2.98. The smallest absolute Gasteiger partial charge is 0.124 e. The van der Waals surface area contributed by atoms with Crippen LogP contribution in [0.5, 0.6) is 5.75 Å². The van der Waals surface area contributed by atoms with Crippen LogP contribution in [0.1, 0.15) is 5.56 Å². The molecular weight excluding hydrogens is 164 g/mol. The van der Waals surface area contributed by atoms with Crippen LogP contribution in [0.3, 0.4) is 0 Å². The fourth-order valence-corrected chi connectivity index (χ4v) is 1.04. The average molecular weight is 180 g/mol. The molecule has 1 aromatic carbocycles. The lowest BCUT2D eigenvalue weighted by molar-refractivity contribution is 0.316. The molecule has 0 unspecified atom stereocenters. The topological polar surface area (TPSA) is 47.3 Å². The maximum absolute atomic E-state index is 5.64. The summed E-state index contributed by atoms with van der Waals surface area (Å²) in [6, 6.07) is 5.69. The number of nitrogen functional groups attached to an aromatic ring is 1. The molecule has 0 fully saturated rings. The molecule has 0 amide bonds. The van der Waals surface area contributed by atoms with E-state index < -0.39 is 0 Å². The van der Waals surface area contributed by atoms with Crippen molar-refractivity contribution in [2.75, 3.05) is 25.9 Å². The Morgan fingerprint density at radius 1 is 1.46 bits per heavy atom. The summed E-state index contributed by atoms with van der Waals surface area (Å²) in [7, 11) is 1.90. The molecule has 0 heterocycles. The third kappa shape index (κ3) is 2.95. The molecule has 0 aromatic heterocycles. The molecule has 13 heavy (non-hydrogen) atoms. The van der Waals surface area contributed by atoms with E-state index >= 15 is 0 Å². The molecule has 0 radical (unpaired) electrons. The molecule has 0 bridgehead atoms. The lowest BCUT2D eigenvalue weighted by Crippen LogP contribution is -2.16. The first-order valence-electron chi connectivity index (χ1n) is 4.37. The predicted molar refractivity (Wildman–Crippen MR) is 55.0 cm³/mol. The van der Waals surface area contributed by atoms with Gasteiger partial charge >= 0.3 is 0 Å².